The Labute approximate surface area is 136 Å². The first-order valence-corrected chi connectivity index (χ1v) is 7.69. The van der Waals surface area contributed by atoms with Crippen molar-refractivity contribution in [2.24, 2.45) is 0 Å². The minimum atomic E-state index is -0.484. The lowest BCUT2D eigenvalue weighted by Crippen LogP contribution is -2.34. The van der Waals surface area contributed by atoms with Crippen LogP contribution in [0.5, 0.6) is 0 Å². The monoisotopic (exact) mass is 373 g/mol. The Morgan fingerprint density at radius 1 is 1.43 bits per heavy atom. The molecule has 8 heteroatoms. The minimum absolute atomic E-state index is 0.0260. The number of amides is 1. The van der Waals surface area contributed by atoms with Crippen LogP contribution in [-0.4, -0.2) is 15.9 Å². The van der Waals surface area contributed by atoms with Gasteiger partial charge in [0.15, 0.2) is 5.11 Å². The second-order valence-corrected chi connectivity index (χ2v) is 5.64. The second kappa shape index (κ2) is 8.68. The highest BCUT2D eigenvalue weighted by atomic mass is 79.9. The smallest absolute Gasteiger partial charge is 0.270 e. The van der Waals surface area contributed by atoms with Gasteiger partial charge in [-0.15, -0.1) is 0 Å². The fraction of sp³-hybridized carbons (Fsp3) is 0.385. The van der Waals surface area contributed by atoms with Gasteiger partial charge in [0.05, 0.1) is 10.6 Å². The number of nitro groups is 1. The molecule has 2 N–H and O–H groups in total. The zero-order valence-electron chi connectivity index (χ0n) is 11.5. The Morgan fingerprint density at radius 2 is 2.14 bits per heavy atom. The van der Waals surface area contributed by atoms with Crippen LogP contribution in [0.15, 0.2) is 22.7 Å². The first-order valence-electron chi connectivity index (χ1n) is 6.48. The van der Waals surface area contributed by atoms with Crippen molar-refractivity contribution in [2.45, 2.75) is 32.6 Å². The van der Waals surface area contributed by atoms with Gasteiger partial charge in [0.2, 0.25) is 5.91 Å². The molecule has 0 aliphatic carbocycles. The number of non-ortho nitro benzene ring substituents is 1. The molecule has 0 spiro atoms. The molecule has 1 aromatic rings. The summed E-state index contributed by atoms with van der Waals surface area (Å²) in [5.41, 5.74) is 0.529. The van der Waals surface area contributed by atoms with Crippen molar-refractivity contribution >= 4 is 50.5 Å². The fourth-order valence-corrected chi connectivity index (χ4v) is 2.29. The number of anilines is 1. The van der Waals surface area contributed by atoms with Crippen LogP contribution in [0.4, 0.5) is 11.4 Å². The number of nitrogens with one attached hydrogen (secondary N) is 2. The molecular weight excluding hydrogens is 358 g/mol. The van der Waals surface area contributed by atoms with E-state index < -0.39 is 4.92 Å². The van der Waals surface area contributed by atoms with Gasteiger partial charge in [0.1, 0.15) is 0 Å². The Kier molecular flexibility index (Phi) is 7.24. The summed E-state index contributed by atoms with van der Waals surface area (Å²) in [7, 11) is 0. The van der Waals surface area contributed by atoms with Crippen LogP contribution in [0.25, 0.3) is 0 Å². The van der Waals surface area contributed by atoms with Crippen molar-refractivity contribution in [3.63, 3.8) is 0 Å². The average Bonchev–Trinajstić information content (AvgIpc) is 2.41. The van der Waals surface area contributed by atoms with E-state index in [1.54, 1.807) is 0 Å². The molecule has 1 amide bonds. The van der Waals surface area contributed by atoms with E-state index in [0.29, 0.717) is 16.6 Å². The number of rotatable bonds is 6. The molecule has 0 saturated carbocycles. The minimum Gasteiger partial charge on any atom is -0.331 e. The molecule has 0 bridgehead atoms. The zero-order chi connectivity index (χ0) is 15.8. The molecule has 6 nitrogen and oxygen atoms in total. The Hall–Kier alpha value is -1.54. The molecule has 0 saturated heterocycles. The summed E-state index contributed by atoms with van der Waals surface area (Å²) in [6.07, 6.45) is 3.30. The van der Waals surface area contributed by atoms with E-state index in [0.717, 1.165) is 19.3 Å². The molecule has 21 heavy (non-hydrogen) atoms. The van der Waals surface area contributed by atoms with Gasteiger partial charge < -0.3 is 10.6 Å². The summed E-state index contributed by atoms with van der Waals surface area (Å²) < 4.78 is 0.499. The van der Waals surface area contributed by atoms with Crippen molar-refractivity contribution in [1.29, 1.82) is 0 Å². The van der Waals surface area contributed by atoms with Gasteiger partial charge >= 0.3 is 0 Å². The number of nitrogens with zero attached hydrogens (tertiary/aromatic N) is 1. The van der Waals surface area contributed by atoms with Gasteiger partial charge in [-0.05, 0) is 40.6 Å². The van der Waals surface area contributed by atoms with E-state index in [-0.39, 0.29) is 16.7 Å². The van der Waals surface area contributed by atoms with Gasteiger partial charge in [-0.25, -0.2) is 0 Å². The van der Waals surface area contributed by atoms with Crippen LogP contribution in [0.1, 0.15) is 32.6 Å². The normalized spacial score (nSPS) is 10.0. The molecule has 0 aromatic heterocycles. The molecule has 0 fully saturated rings. The highest BCUT2D eigenvalue weighted by Gasteiger charge is 2.11. The fourth-order valence-electron chi connectivity index (χ4n) is 1.60. The number of benzene rings is 1. The summed E-state index contributed by atoms with van der Waals surface area (Å²) in [6, 6.07) is 4.25. The van der Waals surface area contributed by atoms with Crippen LogP contribution in [0.3, 0.4) is 0 Å². The summed E-state index contributed by atoms with van der Waals surface area (Å²) in [5.74, 6) is -0.140. The summed E-state index contributed by atoms with van der Waals surface area (Å²) >= 11 is 8.26. The molecule has 0 atom stereocenters. The molecule has 1 rings (SSSR count). The number of hydrogen-bond donors (Lipinski definition) is 2. The lowest BCUT2D eigenvalue weighted by Gasteiger charge is -2.10. The number of halogens is 1. The standard InChI is InChI=1S/C13H16BrN3O3S/c1-2-3-4-5-12(18)16-13(21)15-11-7-6-9(17(19)20)8-10(11)14/h6-8H,2-5H2,1H3,(H2,15,16,18,21). The average molecular weight is 374 g/mol. The SMILES string of the molecule is CCCCCC(=O)NC(=S)Nc1ccc([N+](=O)[O-])cc1Br. The maximum Gasteiger partial charge on any atom is 0.270 e. The third kappa shape index (κ3) is 6.17. The molecule has 114 valence electrons. The number of thiocarbonyl (C=S) groups is 1. The highest BCUT2D eigenvalue weighted by molar-refractivity contribution is 9.10. The van der Waals surface area contributed by atoms with Gasteiger partial charge in [-0.2, -0.15) is 0 Å². The quantitative estimate of drug-likeness (QED) is 0.343. The first-order chi connectivity index (χ1) is 9.93. The molecule has 1 aromatic carbocycles. The van der Waals surface area contributed by atoms with Crippen molar-refractivity contribution in [2.75, 3.05) is 5.32 Å². The molecule has 0 radical (unpaired) electrons. The third-order valence-electron chi connectivity index (χ3n) is 2.67. The van der Waals surface area contributed by atoms with E-state index in [9.17, 15) is 14.9 Å². The predicted octanol–water partition coefficient (Wildman–Crippen LogP) is 3.75. The van der Waals surface area contributed by atoms with Crippen LogP contribution in [0.2, 0.25) is 0 Å². The summed E-state index contributed by atoms with van der Waals surface area (Å²) in [5, 5.41) is 16.2. The van der Waals surface area contributed by atoms with Crippen LogP contribution < -0.4 is 10.6 Å². The lowest BCUT2D eigenvalue weighted by atomic mass is 10.2. The van der Waals surface area contributed by atoms with Gasteiger partial charge in [0, 0.05) is 23.0 Å². The van der Waals surface area contributed by atoms with E-state index in [4.69, 9.17) is 12.2 Å². The van der Waals surface area contributed by atoms with E-state index in [1.165, 1.54) is 18.2 Å². The van der Waals surface area contributed by atoms with Gasteiger partial charge in [-0.1, -0.05) is 19.8 Å². The Balaban J connectivity index is 2.55. The Bertz CT molecular complexity index is 551. The third-order valence-corrected chi connectivity index (χ3v) is 3.53. The van der Waals surface area contributed by atoms with Crippen molar-refractivity contribution in [3.05, 3.63) is 32.8 Å². The predicted molar refractivity (Wildman–Crippen MR) is 89.3 cm³/mol. The van der Waals surface area contributed by atoms with Crippen molar-refractivity contribution < 1.29 is 9.72 Å². The molecular formula is C13H16BrN3O3S. The van der Waals surface area contributed by atoms with Crippen LogP contribution in [-0.2, 0) is 4.79 Å². The molecule has 0 heterocycles. The number of nitro benzene ring substituents is 1. The van der Waals surface area contributed by atoms with Crippen molar-refractivity contribution in [3.8, 4) is 0 Å². The summed E-state index contributed by atoms with van der Waals surface area (Å²) in [6.45, 7) is 2.07. The first kappa shape index (κ1) is 17.5. The number of hydrogen-bond acceptors (Lipinski definition) is 4. The van der Waals surface area contributed by atoms with E-state index in [1.807, 2.05) is 0 Å². The number of carbonyl (C=O) groups is 1. The van der Waals surface area contributed by atoms with Gasteiger partial charge in [0.25, 0.3) is 5.69 Å². The zero-order valence-corrected chi connectivity index (χ0v) is 13.9. The maximum atomic E-state index is 11.6. The van der Waals surface area contributed by atoms with E-state index in [2.05, 4.69) is 33.5 Å². The number of carbonyl (C=O) groups excluding carboxylic acids is 1. The van der Waals surface area contributed by atoms with Gasteiger partial charge in [-0.3, -0.25) is 14.9 Å². The second-order valence-electron chi connectivity index (χ2n) is 4.38. The molecule has 0 aliphatic rings. The topological polar surface area (TPSA) is 84.3 Å². The largest absolute Gasteiger partial charge is 0.331 e. The maximum absolute atomic E-state index is 11.6. The van der Waals surface area contributed by atoms with E-state index >= 15 is 0 Å². The highest BCUT2D eigenvalue weighted by Crippen LogP contribution is 2.26. The molecule has 0 unspecified atom stereocenters. The van der Waals surface area contributed by atoms with Crippen LogP contribution in [0, 0.1) is 10.1 Å². The summed E-state index contributed by atoms with van der Waals surface area (Å²) in [4.78, 5) is 21.8. The van der Waals surface area contributed by atoms with Crippen molar-refractivity contribution in [1.82, 2.24) is 5.32 Å². The van der Waals surface area contributed by atoms with Crippen LogP contribution >= 0.6 is 28.1 Å². The lowest BCUT2D eigenvalue weighted by molar-refractivity contribution is -0.384. The Morgan fingerprint density at radius 3 is 2.71 bits per heavy atom. The number of unbranched alkanes of at least 4 members (excludes halogenated alkanes) is 2. The molecule has 0 aliphatic heterocycles.